The van der Waals surface area contributed by atoms with Crippen molar-refractivity contribution in [1.82, 2.24) is 0 Å². The molecule has 3 heteroatoms. The van der Waals surface area contributed by atoms with Gasteiger partial charge < -0.3 is 10.4 Å². The number of hydrogen-bond donors (Lipinski definition) is 2. The number of rotatable bonds is 3. The van der Waals surface area contributed by atoms with Crippen LogP contribution in [0.3, 0.4) is 0 Å². The van der Waals surface area contributed by atoms with E-state index in [0.29, 0.717) is 6.54 Å². The summed E-state index contributed by atoms with van der Waals surface area (Å²) in [4.78, 5) is 0. The van der Waals surface area contributed by atoms with Crippen LogP contribution in [-0.2, 0) is 0 Å². The van der Waals surface area contributed by atoms with Crippen LogP contribution in [0.5, 0.6) is 0 Å². The van der Waals surface area contributed by atoms with Gasteiger partial charge in [-0.2, -0.15) is 0 Å². The monoisotopic (exact) mass is 243 g/mol. The van der Waals surface area contributed by atoms with Crippen molar-refractivity contribution in [3.05, 3.63) is 28.2 Å². The first kappa shape index (κ1) is 10.5. The van der Waals surface area contributed by atoms with Crippen LogP contribution in [0.1, 0.15) is 12.5 Å². The Labute approximate surface area is 87.1 Å². The molecule has 0 fully saturated rings. The van der Waals surface area contributed by atoms with Gasteiger partial charge in [0.05, 0.1) is 6.10 Å². The maximum Gasteiger partial charge on any atom is 0.0684 e. The number of nitrogens with one attached hydrogen (secondary N) is 1. The van der Waals surface area contributed by atoms with E-state index >= 15 is 0 Å². The summed E-state index contributed by atoms with van der Waals surface area (Å²) >= 11 is 3.45. The summed E-state index contributed by atoms with van der Waals surface area (Å²) in [6.07, 6.45) is -0.321. The second-order valence-electron chi connectivity index (χ2n) is 3.14. The second-order valence-corrected chi connectivity index (χ2v) is 4.00. The minimum atomic E-state index is -0.321. The Bertz CT molecular complexity index is 286. The molecule has 0 spiro atoms. The number of aliphatic hydroxyl groups is 1. The van der Waals surface area contributed by atoms with Crippen LogP contribution in [0.2, 0.25) is 0 Å². The Kier molecular flexibility index (Phi) is 3.75. The molecule has 0 unspecified atom stereocenters. The quantitative estimate of drug-likeness (QED) is 0.856. The average molecular weight is 244 g/mol. The molecule has 0 aliphatic rings. The van der Waals surface area contributed by atoms with Gasteiger partial charge in [-0.15, -0.1) is 0 Å². The first-order chi connectivity index (χ1) is 6.11. The maximum absolute atomic E-state index is 9.10. The molecule has 72 valence electrons. The van der Waals surface area contributed by atoms with Gasteiger partial charge in [0, 0.05) is 16.7 Å². The van der Waals surface area contributed by atoms with Gasteiger partial charge >= 0.3 is 0 Å². The van der Waals surface area contributed by atoms with Gasteiger partial charge in [-0.25, -0.2) is 0 Å². The highest BCUT2D eigenvalue weighted by Crippen LogP contribution is 2.23. The van der Waals surface area contributed by atoms with Crippen LogP contribution in [0.15, 0.2) is 22.7 Å². The fourth-order valence-electron chi connectivity index (χ4n) is 1.06. The van der Waals surface area contributed by atoms with Crippen LogP contribution in [-0.4, -0.2) is 17.8 Å². The standard InChI is InChI=1S/C10H14BrNO/c1-7(13)6-12-10-5-3-4-9(11)8(10)2/h3-5,7,12-13H,6H2,1-2H3/t7-/m1/s1. The Morgan fingerprint density at radius 3 is 2.85 bits per heavy atom. The zero-order valence-electron chi connectivity index (χ0n) is 7.84. The van der Waals surface area contributed by atoms with Gasteiger partial charge in [0.2, 0.25) is 0 Å². The third-order valence-corrected chi connectivity index (χ3v) is 2.71. The van der Waals surface area contributed by atoms with Crippen molar-refractivity contribution in [3.8, 4) is 0 Å². The zero-order chi connectivity index (χ0) is 9.84. The highest BCUT2D eigenvalue weighted by Gasteiger charge is 2.01. The predicted molar refractivity (Wildman–Crippen MR) is 59.0 cm³/mol. The fourth-order valence-corrected chi connectivity index (χ4v) is 1.42. The lowest BCUT2D eigenvalue weighted by Gasteiger charge is -2.11. The molecular formula is C10H14BrNO. The first-order valence-corrected chi connectivity index (χ1v) is 5.07. The number of halogens is 1. The molecule has 1 aromatic carbocycles. The number of anilines is 1. The minimum Gasteiger partial charge on any atom is -0.392 e. The molecular weight excluding hydrogens is 230 g/mol. The molecule has 2 N–H and O–H groups in total. The Morgan fingerprint density at radius 1 is 1.54 bits per heavy atom. The van der Waals surface area contributed by atoms with Gasteiger partial charge in [0.25, 0.3) is 0 Å². The molecule has 13 heavy (non-hydrogen) atoms. The summed E-state index contributed by atoms with van der Waals surface area (Å²) in [7, 11) is 0. The Hall–Kier alpha value is -0.540. The molecule has 0 aromatic heterocycles. The van der Waals surface area contributed by atoms with Crippen LogP contribution in [0.25, 0.3) is 0 Å². The summed E-state index contributed by atoms with van der Waals surface area (Å²) in [5.41, 5.74) is 2.23. The smallest absolute Gasteiger partial charge is 0.0684 e. The molecule has 0 bridgehead atoms. The van der Waals surface area contributed by atoms with Gasteiger partial charge in [-0.05, 0) is 31.5 Å². The molecule has 1 atom stereocenters. The third-order valence-electron chi connectivity index (χ3n) is 1.86. The molecule has 0 saturated heterocycles. The van der Waals surface area contributed by atoms with E-state index in [9.17, 15) is 0 Å². The van der Waals surface area contributed by atoms with Gasteiger partial charge in [0.1, 0.15) is 0 Å². The van der Waals surface area contributed by atoms with E-state index < -0.39 is 0 Å². The Morgan fingerprint density at radius 2 is 2.23 bits per heavy atom. The number of hydrogen-bond acceptors (Lipinski definition) is 2. The summed E-state index contributed by atoms with van der Waals surface area (Å²) in [6.45, 7) is 4.38. The van der Waals surface area contributed by atoms with Crippen LogP contribution < -0.4 is 5.32 Å². The van der Waals surface area contributed by atoms with Gasteiger partial charge in [-0.3, -0.25) is 0 Å². The third kappa shape index (κ3) is 3.01. The van der Waals surface area contributed by atoms with E-state index in [1.165, 1.54) is 5.56 Å². The second kappa shape index (κ2) is 4.63. The molecule has 0 saturated carbocycles. The van der Waals surface area contributed by atoms with Gasteiger partial charge in [-0.1, -0.05) is 22.0 Å². The fraction of sp³-hybridized carbons (Fsp3) is 0.400. The number of benzene rings is 1. The largest absolute Gasteiger partial charge is 0.392 e. The summed E-state index contributed by atoms with van der Waals surface area (Å²) in [5, 5.41) is 12.3. The van der Waals surface area contributed by atoms with E-state index in [2.05, 4.69) is 21.2 Å². The van der Waals surface area contributed by atoms with E-state index in [1.54, 1.807) is 6.92 Å². The van der Waals surface area contributed by atoms with Crippen molar-refractivity contribution in [2.75, 3.05) is 11.9 Å². The Balaban J connectivity index is 2.71. The van der Waals surface area contributed by atoms with Gasteiger partial charge in [0.15, 0.2) is 0 Å². The van der Waals surface area contributed by atoms with E-state index in [-0.39, 0.29) is 6.10 Å². The van der Waals surface area contributed by atoms with E-state index in [0.717, 1.165) is 10.2 Å². The summed E-state index contributed by atoms with van der Waals surface area (Å²) in [5.74, 6) is 0. The lowest BCUT2D eigenvalue weighted by atomic mass is 10.2. The van der Waals surface area contributed by atoms with Crippen molar-refractivity contribution >= 4 is 21.6 Å². The number of aliphatic hydroxyl groups excluding tert-OH is 1. The van der Waals surface area contributed by atoms with E-state index in [1.807, 2.05) is 25.1 Å². The minimum absolute atomic E-state index is 0.321. The van der Waals surface area contributed by atoms with Crippen molar-refractivity contribution in [3.63, 3.8) is 0 Å². The molecule has 1 aromatic rings. The van der Waals surface area contributed by atoms with Crippen LogP contribution >= 0.6 is 15.9 Å². The molecule has 0 aliphatic heterocycles. The molecule has 0 radical (unpaired) electrons. The van der Waals surface area contributed by atoms with Crippen molar-refractivity contribution in [2.24, 2.45) is 0 Å². The van der Waals surface area contributed by atoms with Crippen LogP contribution in [0.4, 0.5) is 5.69 Å². The normalized spacial score (nSPS) is 12.6. The average Bonchev–Trinajstić information content (AvgIpc) is 2.07. The molecule has 1 rings (SSSR count). The lowest BCUT2D eigenvalue weighted by molar-refractivity contribution is 0.208. The summed E-state index contributed by atoms with van der Waals surface area (Å²) in [6, 6.07) is 5.98. The summed E-state index contributed by atoms with van der Waals surface area (Å²) < 4.78 is 1.09. The SMILES string of the molecule is Cc1c(Br)cccc1NC[C@@H](C)O. The zero-order valence-corrected chi connectivity index (χ0v) is 9.43. The molecule has 0 amide bonds. The molecule has 0 aliphatic carbocycles. The van der Waals surface area contributed by atoms with Crippen molar-refractivity contribution in [2.45, 2.75) is 20.0 Å². The predicted octanol–water partition coefficient (Wildman–Crippen LogP) is 2.55. The highest BCUT2D eigenvalue weighted by molar-refractivity contribution is 9.10. The van der Waals surface area contributed by atoms with Crippen molar-refractivity contribution in [1.29, 1.82) is 0 Å². The molecule has 2 nitrogen and oxygen atoms in total. The lowest BCUT2D eigenvalue weighted by Crippen LogP contribution is -2.15. The topological polar surface area (TPSA) is 32.3 Å². The van der Waals surface area contributed by atoms with Crippen molar-refractivity contribution < 1.29 is 5.11 Å². The maximum atomic E-state index is 9.10. The van der Waals surface area contributed by atoms with E-state index in [4.69, 9.17) is 5.11 Å². The molecule has 0 heterocycles. The van der Waals surface area contributed by atoms with Crippen LogP contribution in [0, 0.1) is 6.92 Å². The first-order valence-electron chi connectivity index (χ1n) is 4.28. The highest BCUT2D eigenvalue weighted by atomic mass is 79.9.